The molecule has 1 spiro atoms. The summed E-state index contributed by atoms with van der Waals surface area (Å²) in [5.74, 6) is -1.97. The van der Waals surface area contributed by atoms with E-state index >= 15 is 0 Å². The Bertz CT molecular complexity index is 858. The molecule has 202 valence electrons. The number of fused-ring (bicyclic) bond motifs is 1. The highest BCUT2D eigenvalue weighted by molar-refractivity contribution is 5.99. The SMILES string of the molecule is C=CCN(CCCC)C(=O)C1N([C@@H](CC)CO)C(=O)[C@@H]2[C@@H](C(=O)N(CC=C)CCC)[C@@]3(C)CCC12O3. The van der Waals surface area contributed by atoms with Gasteiger partial charge in [0.25, 0.3) is 0 Å². The largest absolute Gasteiger partial charge is 0.394 e. The van der Waals surface area contributed by atoms with Gasteiger partial charge in [0.05, 0.1) is 30.1 Å². The number of carbonyl (C=O) groups excluding carboxylic acids is 3. The first-order valence-corrected chi connectivity index (χ1v) is 13.6. The number of aliphatic hydroxyl groups is 1. The van der Waals surface area contributed by atoms with Crippen LogP contribution in [0.3, 0.4) is 0 Å². The minimum Gasteiger partial charge on any atom is -0.394 e. The van der Waals surface area contributed by atoms with Gasteiger partial charge >= 0.3 is 0 Å². The summed E-state index contributed by atoms with van der Waals surface area (Å²) in [6, 6.07) is -1.39. The molecule has 3 saturated heterocycles. The van der Waals surface area contributed by atoms with Crippen LogP contribution in [0.15, 0.2) is 25.3 Å². The molecule has 0 radical (unpaired) electrons. The predicted molar refractivity (Wildman–Crippen MR) is 139 cm³/mol. The van der Waals surface area contributed by atoms with Gasteiger partial charge in [-0.05, 0) is 39.0 Å². The molecule has 2 bridgehead atoms. The Hall–Kier alpha value is -2.19. The van der Waals surface area contributed by atoms with Gasteiger partial charge in [0.2, 0.25) is 17.7 Å². The molecule has 3 rings (SSSR count). The van der Waals surface area contributed by atoms with E-state index < -0.39 is 35.1 Å². The van der Waals surface area contributed by atoms with Gasteiger partial charge in [-0.2, -0.15) is 0 Å². The molecule has 2 unspecified atom stereocenters. The van der Waals surface area contributed by atoms with Crippen LogP contribution in [-0.4, -0.2) is 93.6 Å². The van der Waals surface area contributed by atoms with Crippen LogP contribution in [0, 0.1) is 11.8 Å². The van der Waals surface area contributed by atoms with Gasteiger partial charge in [0.15, 0.2) is 0 Å². The molecule has 8 heteroatoms. The summed E-state index contributed by atoms with van der Waals surface area (Å²) in [5, 5.41) is 10.2. The van der Waals surface area contributed by atoms with E-state index in [1.807, 2.05) is 20.8 Å². The van der Waals surface area contributed by atoms with E-state index in [2.05, 4.69) is 20.1 Å². The Morgan fingerprint density at radius 1 is 1.11 bits per heavy atom. The number of aliphatic hydroxyl groups excluding tert-OH is 1. The molecule has 3 aliphatic rings. The van der Waals surface area contributed by atoms with Crippen molar-refractivity contribution in [3.63, 3.8) is 0 Å². The Balaban J connectivity index is 2.10. The standard InChI is InChI=1S/C28H45N3O5/c1-7-12-18-30(17-10-4)26(35)23-28-14-13-27(6,36-28)21(24(33)29(15-8-2)16-9-3)22(28)25(34)31(23)20(11-5)19-32/h8,10,20-23,32H,2,4,7,9,11-19H2,1,3,5-6H3/t20-,21-,22-,23?,27+,28?/m0/s1. The number of carbonyl (C=O) groups is 3. The Morgan fingerprint density at radius 2 is 1.75 bits per heavy atom. The number of likely N-dealkylation sites (tertiary alicyclic amines) is 1. The van der Waals surface area contributed by atoms with Gasteiger partial charge in [-0.15, -0.1) is 13.2 Å². The lowest BCUT2D eigenvalue weighted by Gasteiger charge is -2.39. The number of hydrogen-bond acceptors (Lipinski definition) is 5. The van der Waals surface area contributed by atoms with E-state index in [4.69, 9.17) is 4.74 Å². The first-order valence-electron chi connectivity index (χ1n) is 13.6. The molecule has 3 amide bonds. The molecule has 0 aromatic rings. The monoisotopic (exact) mass is 503 g/mol. The Morgan fingerprint density at radius 3 is 2.28 bits per heavy atom. The van der Waals surface area contributed by atoms with Crippen LogP contribution in [0.4, 0.5) is 0 Å². The van der Waals surface area contributed by atoms with Crippen LogP contribution in [0.1, 0.15) is 66.2 Å². The van der Waals surface area contributed by atoms with Crippen molar-refractivity contribution in [3.8, 4) is 0 Å². The highest BCUT2D eigenvalue weighted by atomic mass is 16.5. The second-order valence-corrected chi connectivity index (χ2v) is 10.7. The number of amides is 3. The number of nitrogens with zero attached hydrogens (tertiary/aromatic N) is 3. The first-order chi connectivity index (χ1) is 17.2. The summed E-state index contributed by atoms with van der Waals surface area (Å²) >= 11 is 0. The zero-order valence-electron chi connectivity index (χ0n) is 22.6. The van der Waals surface area contributed by atoms with Crippen molar-refractivity contribution in [2.45, 2.75) is 89.5 Å². The highest BCUT2D eigenvalue weighted by Crippen LogP contribution is 2.63. The lowest BCUT2D eigenvalue weighted by Crippen LogP contribution is -2.58. The molecule has 6 atom stereocenters. The third-order valence-electron chi connectivity index (χ3n) is 8.39. The van der Waals surface area contributed by atoms with Crippen LogP contribution in [0.25, 0.3) is 0 Å². The van der Waals surface area contributed by atoms with Crippen molar-refractivity contribution in [1.82, 2.24) is 14.7 Å². The normalized spacial score (nSPS) is 31.3. The third kappa shape index (κ3) is 4.51. The third-order valence-corrected chi connectivity index (χ3v) is 8.39. The number of ether oxygens (including phenoxy) is 1. The van der Waals surface area contributed by atoms with Gasteiger partial charge in [0.1, 0.15) is 11.6 Å². The van der Waals surface area contributed by atoms with Crippen LogP contribution >= 0.6 is 0 Å². The average molecular weight is 504 g/mol. The van der Waals surface area contributed by atoms with Crippen LogP contribution in [0.5, 0.6) is 0 Å². The van der Waals surface area contributed by atoms with E-state index in [1.54, 1.807) is 26.9 Å². The highest BCUT2D eigenvalue weighted by Gasteiger charge is 2.78. The fourth-order valence-electron chi connectivity index (χ4n) is 6.71. The molecule has 3 aliphatic heterocycles. The maximum Gasteiger partial charge on any atom is 0.248 e. The summed E-state index contributed by atoms with van der Waals surface area (Å²) in [7, 11) is 0. The molecule has 3 heterocycles. The molecule has 36 heavy (non-hydrogen) atoms. The second kappa shape index (κ2) is 11.5. The smallest absolute Gasteiger partial charge is 0.248 e. The molecule has 0 saturated carbocycles. The van der Waals surface area contributed by atoms with E-state index in [9.17, 15) is 19.5 Å². The molecule has 0 aliphatic carbocycles. The van der Waals surface area contributed by atoms with Crippen LogP contribution < -0.4 is 0 Å². The lowest BCUT2D eigenvalue weighted by molar-refractivity contribution is -0.156. The number of unbranched alkanes of at least 4 members (excludes halogenated alkanes) is 1. The van der Waals surface area contributed by atoms with E-state index in [0.29, 0.717) is 45.4 Å². The van der Waals surface area contributed by atoms with Crippen molar-refractivity contribution in [3.05, 3.63) is 25.3 Å². The minimum atomic E-state index is -1.08. The maximum absolute atomic E-state index is 14.2. The lowest BCUT2D eigenvalue weighted by atomic mass is 9.66. The van der Waals surface area contributed by atoms with Gasteiger partial charge in [0, 0.05) is 26.2 Å². The Labute approximate surface area is 216 Å². The van der Waals surface area contributed by atoms with Gasteiger partial charge in [-0.25, -0.2) is 0 Å². The van der Waals surface area contributed by atoms with Crippen molar-refractivity contribution >= 4 is 17.7 Å². The molecule has 3 fully saturated rings. The molecule has 0 aromatic heterocycles. The zero-order valence-corrected chi connectivity index (χ0v) is 22.6. The first kappa shape index (κ1) is 28.4. The second-order valence-electron chi connectivity index (χ2n) is 10.7. The van der Waals surface area contributed by atoms with E-state index in [-0.39, 0.29) is 24.3 Å². The van der Waals surface area contributed by atoms with Crippen molar-refractivity contribution in [1.29, 1.82) is 0 Å². The summed E-state index contributed by atoms with van der Waals surface area (Å²) < 4.78 is 6.73. The fraction of sp³-hybridized carbons (Fsp3) is 0.750. The topological polar surface area (TPSA) is 90.4 Å². The van der Waals surface area contributed by atoms with Gasteiger partial charge < -0.3 is 24.5 Å². The van der Waals surface area contributed by atoms with Gasteiger partial charge in [-0.1, -0.05) is 39.3 Å². The summed E-state index contributed by atoms with van der Waals surface area (Å²) in [6.45, 7) is 17.2. The molecular formula is C28H45N3O5. The predicted octanol–water partition coefficient (Wildman–Crippen LogP) is 2.76. The molecule has 8 nitrogen and oxygen atoms in total. The summed E-state index contributed by atoms with van der Waals surface area (Å²) in [6.07, 6.45) is 7.59. The van der Waals surface area contributed by atoms with Crippen molar-refractivity contribution in [2.24, 2.45) is 11.8 Å². The molecular weight excluding hydrogens is 458 g/mol. The molecule has 1 N–H and O–H groups in total. The summed E-state index contributed by atoms with van der Waals surface area (Å²) in [5.41, 5.74) is -1.90. The summed E-state index contributed by atoms with van der Waals surface area (Å²) in [4.78, 5) is 47.4. The van der Waals surface area contributed by atoms with E-state index in [0.717, 1.165) is 19.3 Å². The fourth-order valence-corrected chi connectivity index (χ4v) is 6.71. The van der Waals surface area contributed by atoms with E-state index in [1.165, 1.54) is 0 Å². The quantitative estimate of drug-likeness (QED) is 0.368. The van der Waals surface area contributed by atoms with Crippen LogP contribution in [-0.2, 0) is 19.1 Å². The minimum absolute atomic E-state index is 0.113. The Kier molecular flexibility index (Phi) is 9.04. The average Bonchev–Trinajstić information content (AvgIpc) is 3.43. The zero-order chi connectivity index (χ0) is 26.7. The number of hydrogen-bond donors (Lipinski definition) is 1. The molecule has 0 aromatic carbocycles. The van der Waals surface area contributed by atoms with Crippen molar-refractivity contribution < 1.29 is 24.2 Å². The van der Waals surface area contributed by atoms with Crippen molar-refractivity contribution in [2.75, 3.05) is 32.8 Å². The number of rotatable bonds is 14. The maximum atomic E-state index is 14.2. The van der Waals surface area contributed by atoms with Gasteiger partial charge in [-0.3, -0.25) is 14.4 Å². The van der Waals surface area contributed by atoms with Crippen LogP contribution in [0.2, 0.25) is 0 Å².